The molecule has 0 bridgehead atoms. The number of hydrogen-bond donors (Lipinski definition) is 1. The molecule has 2 aromatic rings. The summed E-state index contributed by atoms with van der Waals surface area (Å²) >= 11 is 1.45. The van der Waals surface area contributed by atoms with E-state index in [0.717, 1.165) is 29.1 Å². The van der Waals surface area contributed by atoms with Crippen LogP contribution in [0.25, 0.3) is 0 Å². The van der Waals surface area contributed by atoms with E-state index >= 15 is 0 Å². The maximum atomic E-state index is 12.6. The molecule has 0 radical (unpaired) electrons. The van der Waals surface area contributed by atoms with Crippen LogP contribution in [0.3, 0.4) is 0 Å². The second-order valence-corrected chi connectivity index (χ2v) is 8.73. The first-order valence-electron chi connectivity index (χ1n) is 9.35. The first-order valence-corrected chi connectivity index (χ1v) is 10.2. The highest BCUT2D eigenvalue weighted by Gasteiger charge is 2.29. The number of esters is 1. The zero-order chi connectivity index (χ0) is 20.0. The maximum Gasteiger partial charge on any atom is 0.338 e. The van der Waals surface area contributed by atoms with Gasteiger partial charge in [0.1, 0.15) is 0 Å². The van der Waals surface area contributed by atoms with E-state index in [-0.39, 0.29) is 23.5 Å². The molecule has 1 atom stereocenters. The third kappa shape index (κ3) is 3.46. The van der Waals surface area contributed by atoms with Crippen LogP contribution in [-0.4, -0.2) is 34.1 Å². The van der Waals surface area contributed by atoms with Gasteiger partial charge in [0.2, 0.25) is 11.7 Å². The Hall–Kier alpha value is -2.54. The summed E-state index contributed by atoms with van der Waals surface area (Å²) < 4.78 is 7.44. The molecule has 1 N–H and O–H groups in total. The number of Topliss-reactive ketones (excluding diaryl/α,β-unsaturated/α-hetero) is 1. The molecule has 1 saturated carbocycles. The SMILES string of the molecule is Cc1cc(C(=O)COC(=O)c2ccc3c(c2)NC(=O)[C@@H](C)S3)c(C)n1C1CC1. The molecule has 7 heteroatoms. The van der Waals surface area contributed by atoms with E-state index in [1.54, 1.807) is 18.2 Å². The second-order valence-electron chi connectivity index (χ2n) is 7.35. The zero-order valence-corrected chi connectivity index (χ0v) is 16.9. The van der Waals surface area contributed by atoms with Crippen molar-refractivity contribution < 1.29 is 19.1 Å². The van der Waals surface area contributed by atoms with Gasteiger partial charge in [0, 0.05) is 27.9 Å². The third-order valence-corrected chi connectivity index (χ3v) is 6.35. The molecule has 2 heterocycles. The number of ether oxygens (including phenoxy) is 1. The van der Waals surface area contributed by atoms with Gasteiger partial charge in [0.15, 0.2) is 6.61 Å². The minimum Gasteiger partial charge on any atom is -0.454 e. The molecular weight excluding hydrogens is 376 g/mol. The molecule has 1 aliphatic carbocycles. The van der Waals surface area contributed by atoms with Gasteiger partial charge in [0.25, 0.3) is 0 Å². The fourth-order valence-corrected chi connectivity index (χ4v) is 4.51. The second kappa shape index (κ2) is 7.13. The highest BCUT2D eigenvalue weighted by molar-refractivity contribution is 8.00. The Bertz CT molecular complexity index is 991. The number of nitrogens with one attached hydrogen (secondary N) is 1. The Kier molecular flexibility index (Phi) is 4.79. The predicted molar refractivity (Wildman–Crippen MR) is 107 cm³/mol. The monoisotopic (exact) mass is 398 g/mol. The molecule has 4 rings (SSSR count). The Balaban J connectivity index is 1.43. The first kappa shape index (κ1) is 18.8. The first-order chi connectivity index (χ1) is 13.3. The molecule has 1 aromatic carbocycles. The average molecular weight is 398 g/mol. The summed E-state index contributed by atoms with van der Waals surface area (Å²) in [5, 5.41) is 2.62. The molecule has 0 spiro atoms. The van der Waals surface area contributed by atoms with Crippen LogP contribution in [0.1, 0.15) is 57.9 Å². The topological polar surface area (TPSA) is 77.4 Å². The smallest absolute Gasteiger partial charge is 0.338 e. The van der Waals surface area contributed by atoms with Crippen LogP contribution in [0.2, 0.25) is 0 Å². The fraction of sp³-hybridized carbons (Fsp3) is 0.381. The Labute approximate surface area is 167 Å². The number of rotatable bonds is 5. The fourth-order valence-electron chi connectivity index (χ4n) is 3.58. The number of carbonyl (C=O) groups is 3. The molecule has 6 nitrogen and oxygen atoms in total. The van der Waals surface area contributed by atoms with Gasteiger partial charge in [0.05, 0.1) is 16.5 Å². The largest absolute Gasteiger partial charge is 0.454 e. The number of carbonyl (C=O) groups excluding carboxylic acids is 3. The van der Waals surface area contributed by atoms with Crippen LogP contribution < -0.4 is 5.32 Å². The van der Waals surface area contributed by atoms with Crippen molar-refractivity contribution in [2.24, 2.45) is 0 Å². The van der Waals surface area contributed by atoms with Crippen molar-refractivity contribution in [3.05, 3.63) is 46.8 Å². The van der Waals surface area contributed by atoms with Crippen molar-refractivity contribution in [1.29, 1.82) is 0 Å². The Morgan fingerprint density at radius 3 is 2.71 bits per heavy atom. The molecule has 28 heavy (non-hydrogen) atoms. The van der Waals surface area contributed by atoms with E-state index in [1.165, 1.54) is 11.8 Å². The number of nitrogens with zero attached hydrogens (tertiary/aromatic N) is 1. The average Bonchev–Trinajstić information content (AvgIpc) is 3.44. The van der Waals surface area contributed by atoms with Gasteiger partial charge in [-0.05, 0) is 57.9 Å². The number of benzene rings is 1. The summed E-state index contributed by atoms with van der Waals surface area (Å²) in [5.74, 6) is -0.877. The quantitative estimate of drug-likeness (QED) is 0.610. The molecule has 2 aliphatic rings. The number of aromatic nitrogens is 1. The summed E-state index contributed by atoms with van der Waals surface area (Å²) in [6.07, 6.45) is 2.29. The summed E-state index contributed by atoms with van der Waals surface area (Å²) in [7, 11) is 0. The molecule has 1 aromatic heterocycles. The number of hydrogen-bond acceptors (Lipinski definition) is 5. The highest BCUT2D eigenvalue weighted by atomic mass is 32.2. The van der Waals surface area contributed by atoms with Crippen LogP contribution in [0.5, 0.6) is 0 Å². The number of amides is 1. The van der Waals surface area contributed by atoms with Gasteiger partial charge in [-0.15, -0.1) is 11.8 Å². The summed E-state index contributed by atoms with van der Waals surface area (Å²) in [4.78, 5) is 37.7. The van der Waals surface area contributed by atoms with Crippen molar-refractivity contribution in [2.75, 3.05) is 11.9 Å². The molecule has 1 fully saturated rings. The minimum absolute atomic E-state index is 0.0933. The van der Waals surface area contributed by atoms with Crippen molar-refractivity contribution >= 4 is 35.1 Å². The van der Waals surface area contributed by atoms with Crippen molar-refractivity contribution in [2.45, 2.75) is 49.8 Å². The van der Waals surface area contributed by atoms with Crippen molar-refractivity contribution in [1.82, 2.24) is 4.57 Å². The van der Waals surface area contributed by atoms with Crippen LogP contribution in [0, 0.1) is 13.8 Å². The number of aryl methyl sites for hydroxylation is 1. The Morgan fingerprint density at radius 2 is 2.00 bits per heavy atom. The molecule has 1 aliphatic heterocycles. The van der Waals surface area contributed by atoms with Crippen LogP contribution in [0.4, 0.5) is 5.69 Å². The van der Waals surface area contributed by atoms with Gasteiger partial charge in [-0.1, -0.05) is 0 Å². The number of thioether (sulfide) groups is 1. The van der Waals surface area contributed by atoms with E-state index in [1.807, 2.05) is 26.8 Å². The lowest BCUT2D eigenvalue weighted by Crippen LogP contribution is -2.26. The maximum absolute atomic E-state index is 12.6. The lowest BCUT2D eigenvalue weighted by Gasteiger charge is -2.21. The van der Waals surface area contributed by atoms with E-state index in [0.29, 0.717) is 22.9 Å². The van der Waals surface area contributed by atoms with Crippen LogP contribution in [0.15, 0.2) is 29.2 Å². The predicted octanol–water partition coefficient (Wildman–Crippen LogP) is 3.91. The van der Waals surface area contributed by atoms with Gasteiger partial charge < -0.3 is 14.6 Å². The van der Waals surface area contributed by atoms with Crippen LogP contribution >= 0.6 is 11.8 Å². The molecule has 0 saturated heterocycles. The number of ketones is 1. The van der Waals surface area contributed by atoms with Crippen molar-refractivity contribution in [3.63, 3.8) is 0 Å². The van der Waals surface area contributed by atoms with E-state index < -0.39 is 5.97 Å². The van der Waals surface area contributed by atoms with Crippen LogP contribution in [-0.2, 0) is 9.53 Å². The van der Waals surface area contributed by atoms with Gasteiger partial charge >= 0.3 is 5.97 Å². The minimum atomic E-state index is -0.579. The molecule has 0 unspecified atom stereocenters. The number of anilines is 1. The molecule has 1 amide bonds. The van der Waals surface area contributed by atoms with E-state index in [4.69, 9.17) is 4.74 Å². The highest BCUT2D eigenvalue weighted by Crippen LogP contribution is 2.38. The molecule has 146 valence electrons. The summed E-state index contributed by atoms with van der Waals surface area (Å²) in [5.41, 5.74) is 3.52. The summed E-state index contributed by atoms with van der Waals surface area (Å²) in [6, 6.07) is 7.41. The third-order valence-electron chi connectivity index (χ3n) is 5.18. The summed E-state index contributed by atoms with van der Waals surface area (Å²) in [6.45, 7) is 5.46. The van der Waals surface area contributed by atoms with E-state index in [9.17, 15) is 14.4 Å². The zero-order valence-electron chi connectivity index (χ0n) is 16.1. The Morgan fingerprint density at radius 1 is 1.25 bits per heavy atom. The van der Waals surface area contributed by atoms with Gasteiger partial charge in [-0.25, -0.2) is 4.79 Å². The standard InChI is InChI=1S/C21H22N2O4S/c1-11-8-16(12(2)23(11)15-5-6-15)18(24)10-27-21(26)14-4-7-19-17(9-14)22-20(25)13(3)28-19/h4,7-9,13,15H,5-6,10H2,1-3H3,(H,22,25)/t13-/m1/s1. The van der Waals surface area contributed by atoms with E-state index in [2.05, 4.69) is 9.88 Å². The molecular formula is C21H22N2O4S. The lowest BCUT2D eigenvalue weighted by molar-refractivity contribution is -0.115. The lowest BCUT2D eigenvalue weighted by atomic mass is 10.1. The number of fused-ring (bicyclic) bond motifs is 1. The van der Waals surface area contributed by atoms with Gasteiger partial charge in [-0.3, -0.25) is 9.59 Å². The van der Waals surface area contributed by atoms with Crippen molar-refractivity contribution in [3.8, 4) is 0 Å². The normalized spacial score (nSPS) is 18.4. The van der Waals surface area contributed by atoms with Gasteiger partial charge in [-0.2, -0.15) is 0 Å².